The molecule has 0 saturated carbocycles. The maximum atomic E-state index is 13.0. The quantitative estimate of drug-likeness (QED) is 0.365. The fourth-order valence-electron chi connectivity index (χ4n) is 3.91. The molecule has 1 aliphatic rings. The summed E-state index contributed by atoms with van der Waals surface area (Å²) in [6, 6.07) is 26.0. The van der Waals surface area contributed by atoms with Gasteiger partial charge in [-0.15, -0.1) is 0 Å². The van der Waals surface area contributed by atoms with E-state index in [0.29, 0.717) is 47.6 Å². The summed E-state index contributed by atoms with van der Waals surface area (Å²) in [4.78, 5) is 24.3. The number of carbonyl (C=O) groups is 1. The molecule has 1 aliphatic heterocycles. The topological polar surface area (TPSA) is 88.6 Å². The van der Waals surface area contributed by atoms with E-state index in [0.717, 1.165) is 24.6 Å². The molecular formula is C28H27N5O3. The van der Waals surface area contributed by atoms with Gasteiger partial charge in [-0.2, -0.15) is 0 Å². The van der Waals surface area contributed by atoms with Gasteiger partial charge in [0.1, 0.15) is 29.0 Å². The van der Waals surface area contributed by atoms with Gasteiger partial charge in [0, 0.05) is 30.5 Å². The van der Waals surface area contributed by atoms with E-state index in [2.05, 4.69) is 25.5 Å². The van der Waals surface area contributed by atoms with Crippen LogP contribution in [0.1, 0.15) is 16.2 Å². The van der Waals surface area contributed by atoms with Gasteiger partial charge in [-0.25, -0.2) is 9.97 Å². The zero-order valence-corrected chi connectivity index (χ0v) is 20.0. The Kier molecular flexibility index (Phi) is 7.05. The summed E-state index contributed by atoms with van der Waals surface area (Å²) < 4.78 is 11.4. The monoisotopic (exact) mass is 481 g/mol. The Bertz CT molecular complexity index is 1320. The van der Waals surface area contributed by atoms with Crippen LogP contribution in [0.25, 0.3) is 0 Å². The maximum absolute atomic E-state index is 13.0. The Labute approximate surface area is 209 Å². The van der Waals surface area contributed by atoms with Gasteiger partial charge < -0.3 is 25.0 Å². The maximum Gasteiger partial charge on any atom is 0.259 e. The Hall–Kier alpha value is -4.43. The minimum atomic E-state index is -0.246. The van der Waals surface area contributed by atoms with Crippen LogP contribution >= 0.6 is 0 Å². The number of aryl methyl sites for hydroxylation is 1. The molecule has 4 aromatic rings. The summed E-state index contributed by atoms with van der Waals surface area (Å²) in [7, 11) is 0. The zero-order valence-electron chi connectivity index (χ0n) is 20.0. The lowest BCUT2D eigenvalue weighted by atomic mass is 10.1. The summed E-state index contributed by atoms with van der Waals surface area (Å²) in [5, 5.41) is 6.28. The predicted octanol–water partition coefficient (Wildman–Crippen LogP) is 5.41. The summed E-state index contributed by atoms with van der Waals surface area (Å²) in [6.07, 6.45) is 0. The van der Waals surface area contributed by atoms with Crippen LogP contribution in [-0.2, 0) is 4.74 Å². The van der Waals surface area contributed by atoms with Crippen molar-refractivity contribution >= 4 is 28.9 Å². The fraction of sp³-hybridized carbons (Fsp3) is 0.179. The number of morpholine rings is 1. The van der Waals surface area contributed by atoms with Crippen molar-refractivity contribution in [3.63, 3.8) is 0 Å². The molecule has 3 aromatic carbocycles. The van der Waals surface area contributed by atoms with E-state index in [4.69, 9.17) is 9.47 Å². The molecule has 8 heteroatoms. The van der Waals surface area contributed by atoms with Gasteiger partial charge in [0.05, 0.1) is 18.8 Å². The number of anilines is 4. The number of rotatable bonds is 7. The molecule has 0 unspecified atom stereocenters. The van der Waals surface area contributed by atoms with E-state index in [-0.39, 0.29) is 5.91 Å². The van der Waals surface area contributed by atoms with Gasteiger partial charge >= 0.3 is 0 Å². The zero-order chi connectivity index (χ0) is 24.7. The molecule has 1 fully saturated rings. The molecule has 1 aromatic heterocycles. The third-order valence-electron chi connectivity index (χ3n) is 5.68. The number of amides is 1. The van der Waals surface area contributed by atoms with Crippen LogP contribution in [0.3, 0.4) is 0 Å². The number of nitrogens with zero attached hydrogens (tertiary/aromatic N) is 3. The summed E-state index contributed by atoms with van der Waals surface area (Å²) >= 11 is 0. The molecule has 0 aliphatic carbocycles. The molecule has 8 nitrogen and oxygen atoms in total. The molecule has 5 rings (SSSR count). The Morgan fingerprint density at radius 3 is 2.36 bits per heavy atom. The minimum absolute atomic E-state index is 0.246. The van der Waals surface area contributed by atoms with Crippen molar-refractivity contribution < 1.29 is 14.3 Å². The minimum Gasteiger partial charge on any atom is -0.457 e. The average Bonchev–Trinajstić information content (AvgIpc) is 2.91. The number of ether oxygens (including phenoxy) is 2. The van der Waals surface area contributed by atoms with Crippen LogP contribution in [0.5, 0.6) is 11.5 Å². The van der Waals surface area contributed by atoms with Crippen LogP contribution in [0.15, 0.2) is 84.9 Å². The van der Waals surface area contributed by atoms with Gasteiger partial charge in [0.15, 0.2) is 0 Å². The number of benzene rings is 3. The number of hydrogen-bond donors (Lipinski definition) is 2. The lowest BCUT2D eigenvalue weighted by molar-refractivity contribution is 0.102. The van der Waals surface area contributed by atoms with Crippen molar-refractivity contribution in [2.45, 2.75) is 6.92 Å². The molecule has 2 heterocycles. The molecule has 0 atom stereocenters. The van der Waals surface area contributed by atoms with Crippen LogP contribution in [0, 0.1) is 6.92 Å². The van der Waals surface area contributed by atoms with Gasteiger partial charge in [0.2, 0.25) is 0 Å². The molecule has 1 amide bonds. The highest BCUT2D eigenvalue weighted by Crippen LogP contribution is 2.27. The van der Waals surface area contributed by atoms with Gasteiger partial charge in [-0.1, -0.05) is 30.3 Å². The standard InChI is InChI=1S/C28H27N5O3/c1-20-29-26(19-27(30-20)33-15-17-35-18-16-33)31-21-11-13-22(14-12-21)32-28(34)24-9-5-6-10-25(24)36-23-7-3-2-4-8-23/h2-14,19H,15-18H2,1H3,(H,32,34)(H,29,30,31). The van der Waals surface area contributed by atoms with Crippen LogP contribution < -0.4 is 20.3 Å². The third kappa shape index (κ3) is 5.79. The highest BCUT2D eigenvalue weighted by Gasteiger charge is 2.15. The van der Waals surface area contributed by atoms with E-state index in [1.807, 2.05) is 79.7 Å². The van der Waals surface area contributed by atoms with Crippen molar-refractivity contribution in [3.8, 4) is 11.5 Å². The number of hydrogen-bond acceptors (Lipinski definition) is 7. The first-order valence-corrected chi connectivity index (χ1v) is 11.8. The molecule has 1 saturated heterocycles. The van der Waals surface area contributed by atoms with Crippen LogP contribution in [0.2, 0.25) is 0 Å². The predicted molar refractivity (Wildman–Crippen MR) is 140 cm³/mol. The first-order valence-electron chi connectivity index (χ1n) is 11.8. The van der Waals surface area contributed by atoms with Crippen molar-refractivity contribution in [1.29, 1.82) is 0 Å². The smallest absolute Gasteiger partial charge is 0.259 e. The van der Waals surface area contributed by atoms with Crippen LogP contribution in [-0.4, -0.2) is 42.2 Å². The summed E-state index contributed by atoms with van der Waals surface area (Å²) in [6.45, 7) is 4.89. The number of para-hydroxylation sites is 2. The Morgan fingerprint density at radius 1 is 0.889 bits per heavy atom. The molecule has 0 radical (unpaired) electrons. The highest BCUT2D eigenvalue weighted by molar-refractivity contribution is 6.06. The van der Waals surface area contributed by atoms with Gasteiger partial charge in [0.25, 0.3) is 5.91 Å². The van der Waals surface area contributed by atoms with Gasteiger partial charge in [-0.05, 0) is 55.5 Å². The lowest BCUT2D eigenvalue weighted by Crippen LogP contribution is -2.36. The van der Waals surface area contributed by atoms with E-state index >= 15 is 0 Å². The van der Waals surface area contributed by atoms with E-state index in [9.17, 15) is 4.79 Å². The number of carbonyl (C=O) groups excluding carboxylic acids is 1. The third-order valence-corrected chi connectivity index (χ3v) is 5.68. The number of aromatic nitrogens is 2. The number of nitrogens with one attached hydrogen (secondary N) is 2. The molecule has 0 spiro atoms. The van der Waals surface area contributed by atoms with Gasteiger partial charge in [-0.3, -0.25) is 4.79 Å². The lowest BCUT2D eigenvalue weighted by Gasteiger charge is -2.28. The SMILES string of the molecule is Cc1nc(Nc2ccc(NC(=O)c3ccccc3Oc3ccccc3)cc2)cc(N2CCOCC2)n1. The first kappa shape index (κ1) is 23.3. The highest BCUT2D eigenvalue weighted by atomic mass is 16.5. The first-order chi connectivity index (χ1) is 17.6. The van der Waals surface area contributed by atoms with E-state index in [1.165, 1.54) is 0 Å². The van der Waals surface area contributed by atoms with Crippen molar-refractivity contribution in [2.75, 3.05) is 41.8 Å². The second-order valence-electron chi connectivity index (χ2n) is 8.33. The summed E-state index contributed by atoms with van der Waals surface area (Å²) in [5.41, 5.74) is 1.98. The largest absolute Gasteiger partial charge is 0.457 e. The van der Waals surface area contributed by atoms with Crippen molar-refractivity contribution in [2.24, 2.45) is 0 Å². The molecular weight excluding hydrogens is 454 g/mol. The van der Waals surface area contributed by atoms with E-state index < -0.39 is 0 Å². The van der Waals surface area contributed by atoms with Crippen molar-refractivity contribution in [1.82, 2.24) is 9.97 Å². The second kappa shape index (κ2) is 10.9. The summed E-state index contributed by atoms with van der Waals surface area (Å²) in [5.74, 6) is 3.21. The fourth-order valence-corrected chi connectivity index (χ4v) is 3.91. The normalized spacial score (nSPS) is 13.2. The Morgan fingerprint density at radius 2 is 1.58 bits per heavy atom. The molecule has 36 heavy (non-hydrogen) atoms. The molecule has 182 valence electrons. The molecule has 2 N–H and O–H groups in total. The van der Waals surface area contributed by atoms with Crippen LogP contribution in [0.4, 0.5) is 23.0 Å². The van der Waals surface area contributed by atoms with Crippen molar-refractivity contribution in [3.05, 3.63) is 96.3 Å². The van der Waals surface area contributed by atoms with E-state index in [1.54, 1.807) is 12.1 Å². The second-order valence-corrected chi connectivity index (χ2v) is 8.33. The molecule has 0 bridgehead atoms. The average molecular weight is 482 g/mol. The Balaban J connectivity index is 1.26.